The van der Waals surface area contributed by atoms with Gasteiger partial charge in [0.2, 0.25) is 0 Å². The van der Waals surface area contributed by atoms with Crippen LogP contribution in [0.2, 0.25) is 0 Å². The van der Waals surface area contributed by atoms with Gasteiger partial charge in [-0.05, 0) is 25.7 Å². The maximum absolute atomic E-state index is 10.7. The maximum Gasteiger partial charge on any atom is 0.132 e. The van der Waals surface area contributed by atoms with Crippen LogP contribution in [-0.4, -0.2) is 21.6 Å². The van der Waals surface area contributed by atoms with Gasteiger partial charge in [-0.1, -0.05) is 38.5 Å². The quantitative estimate of drug-likeness (QED) is 0.549. The highest BCUT2D eigenvalue weighted by atomic mass is 17.1. The molecule has 0 spiro atoms. The molecule has 3 heteroatoms. The number of rotatable bonds is 2. The van der Waals surface area contributed by atoms with Crippen LogP contribution < -0.4 is 0 Å². The molecule has 0 radical (unpaired) electrons. The monoisotopic (exact) mass is 214 g/mol. The lowest BCUT2D eigenvalue weighted by Gasteiger charge is -2.48. The smallest absolute Gasteiger partial charge is 0.132 e. The molecule has 2 aliphatic carbocycles. The van der Waals surface area contributed by atoms with Crippen molar-refractivity contribution in [2.75, 3.05) is 0 Å². The zero-order valence-corrected chi connectivity index (χ0v) is 9.37. The van der Waals surface area contributed by atoms with Gasteiger partial charge in [0.25, 0.3) is 0 Å². The highest BCUT2D eigenvalue weighted by Gasteiger charge is 2.52. The van der Waals surface area contributed by atoms with Crippen LogP contribution in [0.25, 0.3) is 0 Å². The first-order valence-corrected chi connectivity index (χ1v) is 6.27. The van der Waals surface area contributed by atoms with Gasteiger partial charge in [-0.15, -0.1) is 0 Å². The van der Waals surface area contributed by atoms with Crippen molar-refractivity contribution in [2.24, 2.45) is 0 Å². The summed E-state index contributed by atoms with van der Waals surface area (Å²) in [6.07, 6.45) is 9.81. The van der Waals surface area contributed by atoms with Gasteiger partial charge < -0.3 is 5.11 Å². The Morgan fingerprint density at radius 2 is 1.20 bits per heavy atom. The Morgan fingerprint density at radius 3 is 1.67 bits per heavy atom. The average Bonchev–Trinajstić information content (AvgIpc) is 2.31. The zero-order valence-electron chi connectivity index (χ0n) is 9.37. The van der Waals surface area contributed by atoms with E-state index in [9.17, 15) is 10.4 Å². The molecule has 0 bridgehead atoms. The third-order valence-electron chi connectivity index (χ3n) is 4.36. The molecule has 0 unspecified atom stereocenters. The summed E-state index contributed by atoms with van der Waals surface area (Å²) in [5.74, 6) is 0. The molecule has 2 saturated carbocycles. The van der Waals surface area contributed by atoms with Crippen LogP contribution in [0.4, 0.5) is 0 Å². The molecule has 2 rings (SSSR count). The molecule has 0 aromatic heterocycles. The molecular formula is C12H22O3. The highest BCUT2D eigenvalue weighted by molar-refractivity contribution is 5.03. The lowest BCUT2D eigenvalue weighted by molar-refractivity contribution is -0.376. The molecule has 0 amide bonds. The normalized spacial score (nSPS) is 30.0. The fourth-order valence-electron chi connectivity index (χ4n) is 3.36. The number of hydrogen-bond donors (Lipinski definition) is 2. The van der Waals surface area contributed by atoms with Crippen molar-refractivity contribution in [3.63, 3.8) is 0 Å². The molecule has 3 nitrogen and oxygen atoms in total. The molecule has 2 fully saturated rings. The molecule has 2 aliphatic rings. The van der Waals surface area contributed by atoms with Gasteiger partial charge in [-0.25, -0.2) is 4.89 Å². The summed E-state index contributed by atoms with van der Waals surface area (Å²) >= 11 is 0. The molecule has 0 saturated heterocycles. The second-order valence-corrected chi connectivity index (χ2v) is 5.24. The average molecular weight is 214 g/mol. The summed E-state index contributed by atoms with van der Waals surface area (Å²) in [6.45, 7) is 0. The predicted molar refractivity (Wildman–Crippen MR) is 57.6 cm³/mol. The van der Waals surface area contributed by atoms with Crippen LogP contribution in [0, 0.1) is 0 Å². The largest absolute Gasteiger partial charge is 0.387 e. The first-order chi connectivity index (χ1) is 7.22. The predicted octanol–water partition coefficient (Wildman–Crippen LogP) is 2.87. The number of hydrogen-bond acceptors (Lipinski definition) is 3. The third kappa shape index (κ3) is 1.93. The SMILES string of the molecule is OOC1(C2(O)CCCCC2)CCCCC1. The van der Waals surface area contributed by atoms with Crippen molar-refractivity contribution < 1.29 is 15.3 Å². The minimum absolute atomic E-state index is 0.661. The van der Waals surface area contributed by atoms with Crippen LogP contribution in [0.15, 0.2) is 0 Å². The number of aliphatic hydroxyl groups is 1. The van der Waals surface area contributed by atoms with E-state index in [-0.39, 0.29) is 0 Å². The Hall–Kier alpha value is -0.120. The van der Waals surface area contributed by atoms with E-state index in [2.05, 4.69) is 0 Å². The third-order valence-corrected chi connectivity index (χ3v) is 4.36. The lowest BCUT2D eigenvalue weighted by atomic mass is 9.66. The van der Waals surface area contributed by atoms with Gasteiger partial charge >= 0.3 is 0 Å². The standard InChI is InChI=1S/C12H22O3/c13-11(7-3-1-4-8-11)12(15-14)9-5-2-6-10-12/h13-14H,1-10H2. The van der Waals surface area contributed by atoms with Crippen molar-refractivity contribution in [3.05, 3.63) is 0 Å². The summed E-state index contributed by atoms with van der Waals surface area (Å²) in [5, 5.41) is 19.9. The molecule has 88 valence electrons. The van der Waals surface area contributed by atoms with Crippen LogP contribution in [0.5, 0.6) is 0 Å². The van der Waals surface area contributed by atoms with Gasteiger partial charge in [0.15, 0.2) is 0 Å². The Bertz CT molecular complexity index is 203. The molecule has 15 heavy (non-hydrogen) atoms. The zero-order chi connectivity index (χ0) is 10.8. The van der Waals surface area contributed by atoms with Crippen molar-refractivity contribution in [3.8, 4) is 0 Å². The molecule has 0 aromatic rings. The van der Waals surface area contributed by atoms with Gasteiger partial charge in [0.1, 0.15) is 5.60 Å². The van der Waals surface area contributed by atoms with Gasteiger partial charge in [-0.3, -0.25) is 5.26 Å². The Labute approximate surface area is 91.4 Å². The molecule has 2 N–H and O–H groups in total. The maximum atomic E-state index is 10.7. The van der Waals surface area contributed by atoms with E-state index in [1.165, 1.54) is 12.8 Å². The van der Waals surface area contributed by atoms with E-state index in [1.807, 2.05) is 0 Å². The van der Waals surface area contributed by atoms with Crippen LogP contribution in [-0.2, 0) is 4.89 Å². The molecular weight excluding hydrogens is 192 g/mol. The van der Waals surface area contributed by atoms with Crippen molar-refractivity contribution in [1.82, 2.24) is 0 Å². The molecule has 0 aliphatic heterocycles. The lowest BCUT2D eigenvalue weighted by Crippen LogP contribution is -2.57. The summed E-state index contributed by atoms with van der Waals surface area (Å²) in [4.78, 5) is 4.77. The van der Waals surface area contributed by atoms with E-state index in [1.54, 1.807) is 0 Å². The highest BCUT2D eigenvalue weighted by Crippen LogP contribution is 2.46. The minimum Gasteiger partial charge on any atom is -0.387 e. The van der Waals surface area contributed by atoms with Crippen LogP contribution in [0.1, 0.15) is 64.2 Å². The van der Waals surface area contributed by atoms with Crippen molar-refractivity contribution in [2.45, 2.75) is 75.4 Å². The van der Waals surface area contributed by atoms with Crippen LogP contribution >= 0.6 is 0 Å². The summed E-state index contributed by atoms with van der Waals surface area (Å²) in [6, 6.07) is 0. The van der Waals surface area contributed by atoms with E-state index >= 15 is 0 Å². The summed E-state index contributed by atoms with van der Waals surface area (Å²) in [7, 11) is 0. The first kappa shape index (κ1) is 11.4. The van der Waals surface area contributed by atoms with Gasteiger partial charge in [0.05, 0.1) is 5.60 Å². The Balaban J connectivity index is 2.15. The van der Waals surface area contributed by atoms with Crippen molar-refractivity contribution in [1.29, 1.82) is 0 Å². The van der Waals surface area contributed by atoms with E-state index in [0.29, 0.717) is 0 Å². The van der Waals surface area contributed by atoms with Gasteiger partial charge in [0, 0.05) is 0 Å². The fraction of sp³-hybridized carbons (Fsp3) is 1.00. The summed E-state index contributed by atoms with van der Waals surface area (Å²) < 4.78 is 0. The van der Waals surface area contributed by atoms with E-state index in [0.717, 1.165) is 51.4 Å². The van der Waals surface area contributed by atoms with Gasteiger partial charge in [-0.2, -0.15) is 0 Å². The molecule has 0 atom stereocenters. The second kappa shape index (κ2) is 4.40. The van der Waals surface area contributed by atoms with E-state index < -0.39 is 11.2 Å². The first-order valence-electron chi connectivity index (χ1n) is 6.27. The Morgan fingerprint density at radius 1 is 0.733 bits per heavy atom. The molecule has 0 aromatic carbocycles. The fourth-order valence-corrected chi connectivity index (χ4v) is 3.36. The van der Waals surface area contributed by atoms with Crippen LogP contribution in [0.3, 0.4) is 0 Å². The summed E-state index contributed by atoms with van der Waals surface area (Å²) in [5.41, 5.74) is -1.44. The van der Waals surface area contributed by atoms with E-state index in [4.69, 9.17) is 4.89 Å². The second-order valence-electron chi connectivity index (χ2n) is 5.24. The molecule has 0 heterocycles. The van der Waals surface area contributed by atoms with Crippen molar-refractivity contribution >= 4 is 0 Å². The topological polar surface area (TPSA) is 49.7 Å². The minimum atomic E-state index is -0.777. The Kier molecular flexibility index (Phi) is 3.33.